The number of thiophene rings is 1. The van der Waals surface area contributed by atoms with Crippen LogP contribution in [0.25, 0.3) is 10.1 Å². The van der Waals surface area contributed by atoms with Gasteiger partial charge in [-0.3, -0.25) is 4.98 Å². The van der Waals surface area contributed by atoms with E-state index in [9.17, 15) is 0 Å². The molecule has 0 spiro atoms. The van der Waals surface area contributed by atoms with Crippen LogP contribution in [0.5, 0.6) is 0 Å². The highest BCUT2D eigenvalue weighted by Crippen LogP contribution is 2.16. The Labute approximate surface area is 57.0 Å². The van der Waals surface area contributed by atoms with Gasteiger partial charge in [-0.25, -0.2) is 0 Å². The van der Waals surface area contributed by atoms with E-state index in [0.717, 1.165) is 5.39 Å². The summed E-state index contributed by atoms with van der Waals surface area (Å²) in [5.74, 6) is 0. The highest BCUT2D eigenvalue weighted by Gasteiger charge is 1.89. The van der Waals surface area contributed by atoms with Crippen LogP contribution >= 0.6 is 11.3 Å². The van der Waals surface area contributed by atoms with Crippen LogP contribution in [-0.4, -0.2) is 4.98 Å². The van der Waals surface area contributed by atoms with Crippen molar-refractivity contribution >= 4 is 21.4 Å². The summed E-state index contributed by atoms with van der Waals surface area (Å²) in [6, 6.07) is 5.06. The summed E-state index contributed by atoms with van der Waals surface area (Å²) in [6.07, 6.45) is 3.64. The third-order valence-corrected chi connectivity index (χ3v) is 2.00. The van der Waals surface area contributed by atoms with Gasteiger partial charge in [0.05, 0.1) is 4.70 Å². The second-order valence-corrected chi connectivity index (χ2v) is 2.66. The first-order valence-corrected chi connectivity index (χ1v) is 3.54. The molecule has 2 heterocycles. The van der Waals surface area contributed by atoms with Crippen LogP contribution in [0.3, 0.4) is 0 Å². The molecule has 0 saturated carbocycles. The largest absolute Gasteiger partial charge is 0.263 e. The van der Waals surface area contributed by atoms with Gasteiger partial charge in [0, 0.05) is 23.8 Å². The zero-order valence-corrected chi connectivity index (χ0v) is 5.48. The summed E-state index contributed by atoms with van der Waals surface area (Å²) in [5, 5.41) is 3.11. The standard InChI is InChI=1S/C7H4NS/c1-3-8-5-7-6(1)2-4-9-7/h1,3-5H. The van der Waals surface area contributed by atoms with Crippen LogP contribution in [0, 0.1) is 6.07 Å². The van der Waals surface area contributed by atoms with Crippen LogP contribution in [0.15, 0.2) is 23.8 Å². The number of pyridine rings is 1. The van der Waals surface area contributed by atoms with Crippen LogP contribution in [0.2, 0.25) is 0 Å². The second kappa shape index (κ2) is 1.81. The molecule has 0 aromatic carbocycles. The van der Waals surface area contributed by atoms with E-state index in [0.29, 0.717) is 0 Å². The van der Waals surface area contributed by atoms with E-state index in [2.05, 4.69) is 11.1 Å². The Balaban J connectivity index is 2.95. The number of hydrogen-bond donors (Lipinski definition) is 0. The maximum atomic E-state index is 3.98. The molecule has 0 unspecified atom stereocenters. The van der Waals surface area contributed by atoms with Crippen molar-refractivity contribution in [3.63, 3.8) is 0 Å². The topological polar surface area (TPSA) is 12.9 Å². The molecular formula is C7H4NS. The molecule has 0 saturated heterocycles. The fourth-order valence-corrected chi connectivity index (χ4v) is 1.44. The molecule has 0 N–H and O–H groups in total. The van der Waals surface area contributed by atoms with Crippen molar-refractivity contribution in [2.45, 2.75) is 0 Å². The molecule has 0 aliphatic heterocycles. The zero-order valence-electron chi connectivity index (χ0n) is 4.66. The highest BCUT2D eigenvalue weighted by atomic mass is 32.1. The summed E-state index contributed by atoms with van der Waals surface area (Å²) in [4.78, 5) is 3.98. The first-order valence-electron chi connectivity index (χ1n) is 2.66. The van der Waals surface area contributed by atoms with Gasteiger partial charge in [-0.05, 0) is 11.4 Å². The predicted octanol–water partition coefficient (Wildman–Crippen LogP) is 2.10. The van der Waals surface area contributed by atoms with Gasteiger partial charge >= 0.3 is 0 Å². The van der Waals surface area contributed by atoms with Gasteiger partial charge in [-0.2, -0.15) is 0 Å². The van der Waals surface area contributed by atoms with E-state index < -0.39 is 0 Å². The molecule has 0 aliphatic carbocycles. The quantitative estimate of drug-likeness (QED) is 0.537. The van der Waals surface area contributed by atoms with E-state index in [1.54, 1.807) is 17.5 Å². The van der Waals surface area contributed by atoms with Crippen molar-refractivity contribution in [2.75, 3.05) is 0 Å². The normalized spacial score (nSPS) is 10.2. The molecule has 9 heavy (non-hydrogen) atoms. The predicted molar refractivity (Wildman–Crippen MR) is 38.5 cm³/mol. The van der Waals surface area contributed by atoms with E-state index in [4.69, 9.17) is 0 Å². The van der Waals surface area contributed by atoms with Gasteiger partial charge in [0.2, 0.25) is 0 Å². The first kappa shape index (κ1) is 4.94. The summed E-state index contributed by atoms with van der Waals surface area (Å²) < 4.78 is 1.21. The molecule has 2 rings (SSSR count). The molecule has 2 aromatic rings. The number of aromatic nitrogens is 1. The Morgan fingerprint density at radius 3 is 3.44 bits per heavy atom. The Morgan fingerprint density at radius 2 is 2.56 bits per heavy atom. The van der Waals surface area contributed by atoms with Gasteiger partial charge in [0.15, 0.2) is 0 Å². The van der Waals surface area contributed by atoms with Crippen molar-refractivity contribution in [1.82, 2.24) is 4.98 Å². The van der Waals surface area contributed by atoms with Gasteiger partial charge in [-0.15, -0.1) is 11.3 Å². The lowest BCUT2D eigenvalue weighted by molar-refractivity contribution is 1.37. The molecule has 0 bridgehead atoms. The molecule has 43 valence electrons. The van der Waals surface area contributed by atoms with E-state index in [1.807, 2.05) is 17.6 Å². The average molecular weight is 134 g/mol. The van der Waals surface area contributed by atoms with Crippen molar-refractivity contribution in [3.05, 3.63) is 29.9 Å². The summed E-state index contributed by atoms with van der Waals surface area (Å²) in [7, 11) is 0. The van der Waals surface area contributed by atoms with E-state index in [1.165, 1.54) is 4.70 Å². The highest BCUT2D eigenvalue weighted by molar-refractivity contribution is 7.17. The van der Waals surface area contributed by atoms with Gasteiger partial charge in [0.25, 0.3) is 0 Å². The van der Waals surface area contributed by atoms with Gasteiger partial charge in [0.1, 0.15) is 0 Å². The zero-order chi connectivity index (χ0) is 6.10. The minimum Gasteiger partial charge on any atom is -0.263 e. The SMILES string of the molecule is [c]1csc2cnccc12. The Bertz CT molecular complexity index is 283. The van der Waals surface area contributed by atoms with E-state index in [-0.39, 0.29) is 0 Å². The maximum absolute atomic E-state index is 3.98. The molecule has 1 radical (unpaired) electrons. The molecule has 0 amide bonds. The fourth-order valence-electron chi connectivity index (χ4n) is 0.750. The number of nitrogens with zero attached hydrogens (tertiary/aromatic N) is 1. The Morgan fingerprint density at radius 1 is 1.56 bits per heavy atom. The van der Waals surface area contributed by atoms with Gasteiger partial charge < -0.3 is 0 Å². The first-order chi connectivity index (χ1) is 4.47. The molecular weight excluding hydrogens is 130 g/mol. The average Bonchev–Trinajstić information content (AvgIpc) is 2.33. The minimum atomic E-state index is 1.16. The lowest BCUT2D eigenvalue weighted by Gasteiger charge is -1.81. The Hall–Kier alpha value is -0.890. The summed E-state index contributed by atoms with van der Waals surface area (Å²) >= 11 is 1.67. The molecule has 1 nitrogen and oxygen atoms in total. The van der Waals surface area contributed by atoms with Gasteiger partial charge in [-0.1, -0.05) is 0 Å². The van der Waals surface area contributed by atoms with Crippen LogP contribution in [0.4, 0.5) is 0 Å². The fraction of sp³-hybridized carbons (Fsp3) is 0. The van der Waals surface area contributed by atoms with Crippen LogP contribution < -0.4 is 0 Å². The van der Waals surface area contributed by atoms with E-state index >= 15 is 0 Å². The number of rotatable bonds is 0. The maximum Gasteiger partial charge on any atom is 0.0532 e. The summed E-state index contributed by atoms with van der Waals surface area (Å²) in [5.41, 5.74) is 0. The van der Waals surface area contributed by atoms with Crippen molar-refractivity contribution in [1.29, 1.82) is 0 Å². The monoisotopic (exact) mass is 134 g/mol. The Kier molecular flexibility index (Phi) is 0.993. The molecule has 2 heteroatoms. The minimum absolute atomic E-state index is 1.16. The molecule has 0 atom stereocenters. The molecule has 0 fully saturated rings. The van der Waals surface area contributed by atoms with Crippen LogP contribution in [-0.2, 0) is 0 Å². The number of hydrogen-bond acceptors (Lipinski definition) is 2. The third kappa shape index (κ3) is 0.715. The van der Waals surface area contributed by atoms with Crippen LogP contribution in [0.1, 0.15) is 0 Å². The smallest absolute Gasteiger partial charge is 0.0532 e. The lowest BCUT2D eigenvalue weighted by atomic mass is 10.3. The lowest BCUT2D eigenvalue weighted by Crippen LogP contribution is -1.64. The molecule has 0 aliphatic rings. The number of fused-ring (bicyclic) bond motifs is 1. The summed E-state index contributed by atoms with van der Waals surface area (Å²) in [6.45, 7) is 0. The second-order valence-electron chi connectivity index (χ2n) is 1.75. The van der Waals surface area contributed by atoms with Crippen molar-refractivity contribution in [2.24, 2.45) is 0 Å². The van der Waals surface area contributed by atoms with Crippen molar-refractivity contribution < 1.29 is 0 Å². The third-order valence-electron chi connectivity index (χ3n) is 1.18. The van der Waals surface area contributed by atoms with Crippen molar-refractivity contribution in [3.8, 4) is 0 Å². The molecule has 2 aromatic heterocycles.